The SMILES string of the molecule is FC(F)C(F)(F)C(F)(F)C(F)(F)F.[H-].[Na+]. The van der Waals surface area contributed by atoms with E-state index in [0.717, 1.165) is 0 Å². The van der Waals surface area contributed by atoms with Crippen molar-refractivity contribution >= 4 is 0 Å². The number of alkyl halides is 9. The Morgan fingerprint density at radius 2 is 1.07 bits per heavy atom. The van der Waals surface area contributed by atoms with Crippen molar-refractivity contribution in [3.05, 3.63) is 0 Å². The molecule has 0 nitrogen and oxygen atoms in total. The van der Waals surface area contributed by atoms with Crippen LogP contribution >= 0.6 is 0 Å². The Hall–Kier alpha value is 0.370. The van der Waals surface area contributed by atoms with E-state index < -0.39 is 24.4 Å². The van der Waals surface area contributed by atoms with Gasteiger partial charge in [-0.3, -0.25) is 0 Å². The van der Waals surface area contributed by atoms with Gasteiger partial charge < -0.3 is 1.43 Å². The molecule has 0 heterocycles. The monoisotopic (exact) mass is 244 g/mol. The van der Waals surface area contributed by atoms with Crippen molar-refractivity contribution in [1.29, 1.82) is 0 Å². The first kappa shape index (κ1) is 16.8. The Kier molecular flexibility index (Phi) is 5.37. The van der Waals surface area contributed by atoms with Crippen LogP contribution in [0.4, 0.5) is 39.5 Å². The Labute approximate surface area is 95.2 Å². The quantitative estimate of drug-likeness (QED) is 0.481. The second-order valence-electron chi connectivity index (χ2n) is 2.00. The van der Waals surface area contributed by atoms with Gasteiger partial charge in [-0.1, -0.05) is 0 Å². The molecule has 0 aliphatic heterocycles. The topological polar surface area (TPSA) is 0 Å². The molecule has 0 saturated carbocycles. The van der Waals surface area contributed by atoms with Crippen molar-refractivity contribution in [2.45, 2.75) is 24.4 Å². The third kappa shape index (κ3) is 2.69. The molecule has 82 valence electrons. The van der Waals surface area contributed by atoms with Crippen molar-refractivity contribution in [3.8, 4) is 0 Å². The molecule has 0 unspecified atom stereocenters. The van der Waals surface area contributed by atoms with Gasteiger partial charge in [0.05, 0.1) is 0 Å². The van der Waals surface area contributed by atoms with Gasteiger partial charge in [0.1, 0.15) is 0 Å². The van der Waals surface area contributed by atoms with E-state index in [0.29, 0.717) is 0 Å². The first-order valence-electron chi connectivity index (χ1n) is 2.55. The van der Waals surface area contributed by atoms with Crippen molar-refractivity contribution in [2.75, 3.05) is 0 Å². The maximum Gasteiger partial charge on any atom is 1.00 e. The van der Waals surface area contributed by atoms with E-state index in [9.17, 15) is 39.5 Å². The molecule has 0 aliphatic carbocycles. The molecule has 0 saturated heterocycles. The number of hydrogen-bond donors (Lipinski definition) is 0. The van der Waals surface area contributed by atoms with Gasteiger partial charge in [0.2, 0.25) is 0 Å². The van der Waals surface area contributed by atoms with Crippen molar-refractivity contribution in [2.24, 2.45) is 0 Å². The van der Waals surface area contributed by atoms with Gasteiger partial charge in [0.25, 0.3) is 0 Å². The summed E-state index contributed by atoms with van der Waals surface area (Å²) in [6, 6.07) is 0. The average molecular weight is 244 g/mol. The summed E-state index contributed by atoms with van der Waals surface area (Å²) in [7, 11) is 0. The summed E-state index contributed by atoms with van der Waals surface area (Å²) < 4.78 is 102. The van der Waals surface area contributed by atoms with E-state index in [2.05, 4.69) is 0 Å². The van der Waals surface area contributed by atoms with Crippen molar-refractivity contribution in [1.82, 2.24) is 0 Å². The zero-order valence-electron chi connectivity index (χ0n) is 7.48. The van der Waals surface area contributed by atoms with Crippen LogP contribution in [0, 0.1) is 0 Å². The minimum atomic E-state index is -6.73. The molecular formula is C4H2F9Na. The second kappa shape index (κ2) is 4.48. The summed E-state index contributed by atoms with van der Waals surface area (Å²) in [4.78, 5) is 0. The molecule has 0 rings (SSSR count). The van der Waals surface area contributed by atoms with Crippen molar-refractivity contribution in [3.63, 3.8) is 0 Å². The van der Waals surface area contributed by atoms with Crippen LogP contribution in [0.1, 0.15) is 1.43 Å². The van der Waals surface area contributed by atoms with Crippen LogP contribution < -0.4 is 29.6 Å². The molecular weight excluding hydrogens is 242 g/mol. The predicted molar refractivity (Wildman–Crippen MR) is 23.1 cm³/mol. The van der Waals surface area contributed by atoms with Crippen molar-refractivity contribution < 1.29 is 70.5 Å². The van der Waals surface area contributed by atoms with Crippen LogP contribution in [0.25, 0.3) is 0 Å². The molecule has 0 bridgehead atoms. The van der Waals surface area contributed by atoms with Crippen LogP contribution in [-0.2, 0) is 0 Å². The van der Waals surface area contributed by atoms with Crippen LogP contribution in [0.2, 0.25) is 0 Å². The Balaban J connectivity index is -0.000000720. The van der Waals surface area contributed by atoms with E-state index in [-0.39, 0.29) is 31.0 Å². The third-order valence-corrected chi connectivity index (χ3v) is 1.05. The fraction of sp³-hybridized carbons (Fsp3) is 1.00. The molecule has 14 heavy (non-hydrogen) atoms. The second-order valence-corrected chi connectivity index (χ2v) is 2.00. The molecule has 0 spiro atoms. The van der Waals surface area contributed by atoms with Crippen LogP contribution in [0.3, 0.4) is 0 Å². The molecule has 0 amide bonds. The number of halogens is 9. The van der Waals surface area contributed by atoms with Crippen LogP contribution in [0.15, 0.2) is 0 Å². The summed E-state index contributed by atoms with van der Waals surface area (Å²) in [5.74, 6) is -13.1. The van der Waals surface area contributed by atoms with E-state index in [4.69, 9.17) is 0 Å². The standard InChI is InChI=1S/C4HF9.Na.H/c5-1(6)2(7,8)3(9,10)4(11,12)13;;/h1H;;/q;+1;-1. The van der Waals surface area contributed by atoms with E-state index in [1.165, 1.54) is 0 Å². The van der Waals surface area contributed by atoms with Gasteiger partial charge in [-0.15, -0.1) is 0 Å². The third-order valence-electron chi connectivity index (χ3n) is 1.05. The minimum absolute atomic E-state index is 0. The van der Waals surface area contributed by atoms with Crippen LogP contribution in [-0.4, -0.2) is 24.4 Å². The van der Waals surface area contributed by atoms with E-state index in [1.807, 2.05) is 0 Å². The van der Waals surface area contributed by atoms with Gasteiger partial charge in [0, 0.05) is 0 Å². The fourth-order valence-electron chi connectivity index (χ4n) is 0.326. The smallest absolute Gasteiger partial charge is 1.00 e. The fourth-order valence-corrected chi connectivity index (χ4v) is 0.326. The largest absolute Gasteiger partial charge is 1.00 e. The molecule has 0 aromatic heterocycles. The summed E-state index contributed by atoms with van der Waals surface area (Å²) in [5.41, 5.74) is 0. The molecule has 0 aliphatic rings. The molecule has 0 radical (unpaired) electrons. The first-order chi connectivity index (χ1) is 5.44. The summed E-state index contributed by atoms with van der Waals surface area (Å²) in [6.45, 7) is 0. The maximum absolute atomic E-state index is 11.6. The Bertz CT molecular complexity index is 187. The van der Waals surface area contributed by atoms with Gasteiger partial charge >= 0.3 is 54.0 Å². The first-order valence-corrected chi connectivity index (χ1v) is 2.55. The molecule has 0 atom stereocenters. The predicted octanol–water partition coefficient (Wildman–Crippen LogP) is 0.201. The molecule has 0 aromatic carbocycles. The molecule has 0 N–H and O–H groups in total. The Morgan fingerprint density at radius 1 is 0.786 bits per heavy atom. The number of hydrogen-bond acceptors (Lipinski definition) is 0. The maximum atomic E-state index is 11.6. The minimum Gasteiger partial charge on any atom is -1.00 e. The van der Waals surface area contributed by atoms with Gasteiger partial charge in [-0.2, -0.15) is 30.7 Å². The van der Waals surface area contributed by atoms with E-state index in [1.54, 1.807) is 0 Å². The van der Waals surface area contributed by atoms with E-state index >= 15 is 0 Å². The normalized spacial score (nSPS) is 14.1. The summed E-state index contributed by atoms with van der Waals surface area (Å²) in [6.07, 6.45) is -11.8. The summed E-state index contributed by atoms with van der Waals surface area (Å²) in [5, 5.41) is 0. The Morgan fingerprint density at radius 3 is 1.14 bits per heavy atom. The van der Waals surface area contributed by atoms with Gasteiger partial charge in [-0.05, 0) is 0 Å². The molecule has 10 heteroatoms. The van der Waals surface area contributed by atoms with Gasteiger partial charge in [-0.25, -0.2) is 8.78 Å². The number of rotatable bonds is 2. The molecule has 0 fully saturated rings. The molecule has 0 aromatic rings. The summed E-state index contributed by atoms with van der Waals surface area (Å²) >= 11 is 0. The van der Waals surface area contributed by atoms with Gasteiger partial charge in [0.15, 0.2) is 0 Å². The van der Waals surface area contributed by atoms with Crippen LogP contribution in [0.5, 0.6) is 0 Å². The zero-order chi connectivity index (χ0) is 11.1. The zero-order valence-corrected chi connectivity index (χ0v) is 8.48. The average Bonchev–Trinajstić information content (AvgIpc) is 1.84.